The van der Waals surface area contributed by atoms with Gasteiger partial charge in [-0.2, -0.15) is 0 Å². The highest BCUT2D eigenvalue weighted by Crippen LogP contribution is 2.29. The normalized spacial score (nSPS) is 13.6. The summed E-state index contributed by atoms with van der Waals surface area (Å²) in [5, 5.41) is 0.751. The van der Waals surface area contributed by atoms with Crippen LogP contribution in [-0.4, -0.2) is 22.5 Å². The van der Waals surface area contributed by atoms with E-state index in [0.717, 1.165) is 5.39 Å². The molecule has 0 amide bonds. The molecule has 0 bridgehead atoms. The van der Waals surface area contributed by atoms with Crippen molar-refractivity contribution in [3.05, 3.63) is 30.1 Å². The summed E-state index contributed by atoms with van der Waals surface area (Å²) in [7, 11) is 1.79. The second-order valence-corrected chi connectivity index (χ2v) is 3.75. The molecule has 2 aromatic heterocycles. The second-order valence-electron chi connectivity index (χ2n) is 3.75. The molecule has 2 heterocycles. The van der Waals surface area contributed by atoms with Gasteiger partial charge >= 0.3 is 0 Å². The van der Waals surface area contributed by atoms with Gasteiger partial charge in [-0.05, 0) is 17.7 Å². The average molecular weight is 225 g/mol. The molecule has 2 N–H and O–H groups in total. The number of hydrogen-bond donors (Lipinski definition) is 1. The second kappa shape index (κ2) is 4.17. The molecule has 3 nitrogen and oxygen atoms in total. The largest absolute Gasteiger partial charge is 0.335 e. The van der Waals surface area contributed by atoms with Gasteiger partial charge in [-0.1, -0.05) is 0 Å². The van der Waals surface area contributed by atoms with Gasteiger partial charge in [0.15, 0.2) is 0 Å². The van der Waals surface area contributed by atoms with E-state index in [0.29, 0.717) is 11.2 Å². The van der Waals surface area contributed by atoms with E-state index in [9.17, 15) is 8.78 Å². The summed E-state index contributed by atoms with van der Waals surface area (Å²) in [5.41, 5.74) is 6.67. The zero-order valence-electron chi connectivity index (χ0n) is 8.90. The Hall–Kier alpha value is -1.49. The minimum absolute atomic E-state index is 0.0638. The molecular formula is C11H13F2N3. The maximum Gasteiger partial charge on any atom is 0.246 e. The summed E-state index contributed by atoms with van der Waals surface area (Å²) in [6.07, 6.45) is 0.878. The molecule has 2 aromatic rings. The molecule has 16 heavy (non-hydrogen) atoms. The summed E-state index contributed by atoms with van der Waals surface area (Å²) < 4.78 is 27.4. The van der Waals surface area contributed by atoms with Gasteiger partial charge in [0.05, 0.1) is 5.92 Å². The molecule has 1 atom stereocenters. The zero-order chi connectivity index (χ0) is 11.7. The fraction of sp³-hybridized carbons (Fsp3) is 0.364. The molecule has 0 aliphatic heterocycles. The van der Waals surface area contributed by atoms with Crippen LogP contribution in [0, 0.1) is 0 Å². The van der Waals surface area contributed by atoms with E-state index in [4.69, 9.17) is 5.73 Å². The Morgan fingerprint density at radius 2 is 2.25 bits per heavy atom. The lowest BCUT2D eigenvalue weighted by Gasteiger charge is -2.12. The zero-order valence-corrected chi connectivity index (χ0v) is 8.90. The van der Waals surface area contributed by atoms with Gasteiger partial charge in [-0.15, -0.1) is 0 Å². The van der Waals surface area contributed by atoms with Crippen molar-refractivity contribution in [1.29, 1.82) is 0 Å². The highest BCUT2D eigenvalue weighted by atomic mass is 19.3. The van der Waals surface area contributed by atoms with Gasteiger partial charge in [0.1, 0.15) is 5.65 Å². The smallest absolute Gasteiger partial charge is 0.246 e. The van der Waals surface area contributed by atoms with E-state index >= 15 is 0 Å². The molecule has 86 valence electrons. The van der Waals surface area contributed by atoms with Crippen molar-refractivity contribution in [1.82, 2.24) is 9.55 Å². The summed E-state index contributed by atoms with van der Waals surface area (Å²) in [6.45, 7) is -0.0638. The van der Waals surface area contributed by atoms with Crippen molar-refractivity contribution in [2.75, 3.05) is 6.54 Å². The molecule has 0 radical (unpaired) electrons. The number of nitrogens with two attached hydrogens (primary N) is 1. The van der Waals surface area contributed by atoms with Gasteiger partial charge in [0, 0.05) is 31.4 Å². The molecule has 0 aliphatic rings. The number of rotatable bonds is 3. The monoisotopic (exact) mass is 225 g/mol. The third-order valence-electron chi connectivity index (χ3n) is 2.72. The first kappa shape index (κ1) is 11.0. The SMILES string of the molecule is Cn1cc(C(CN)C(F)F)c2cccnc21. The highest BCUT2D eigenvalue weighted by Gasteiger charge is 2.24. The predicted octanol–water partition coefficient (Wildman–Crippen LogP) is 1.88. The number of fused-ring (bicyclic) bond motifs is 1. The minimum atomic E-state index is -2.45. The first-order valence-corrected chi connectivity index (χ1v) is 5.03. The molecule has 0 aromatic carbocycles. The van der Waals surface area contributed by atoms with E-state index in [1.165, 1.54) is 0 Å². The summed E-state index contributed by atoms with van der Waals surface area (Å²) in [4.78, 5) is 4.15. The van der Waals surface area contributed by atoms with Crippen molar-refractivity contribution in [3.8, 4) is 0 Å². The maximum atomic E-state index is 12.8. The van der Waals surface area contributed by atoms with E-state index in [-0.39, 0.29) is 6.54 Å². The topological polar surface area (TPSA) is 43.8 Å². The lowest BCUT2D eigenvalue weighted by Crippen LogP contribution is -2.19. The third-order valence-corrected chi connectivity index (χ3v) is 2.72. The fourth-order valence-corrected chi connectivity index (χ4v) is 1.90. The lowest BCUT2D eigenvalue weighted by molar-refractivity contribution is 0.117. The number of hydrogen-bond acceptors (Lipinski definition) is 2. The van der Waals surface area contributed by atoms with Crippen LogP contribution in [-0.2, 0) is 7.05 Å². The van der Waals surface area contributed by atoms with Gasteiger partial charge in [-0.3, -0.25) is 0 Å². The van der Waals surface area contributed by atoms with Crippen LogP contribution < -0.4 is 5.73 Å². The fourth-order valence-electron chi connectivity index (χ4n) is 1.90. The van der Waals surface area contributed by atoms with E-state index in [1.807, 2.05) is 0 Å². The highest BCUT2D eigenvalue weighted by molar-refractivity contribution is 5.81. The van der Waals surface area contributed by atoms with Crippen molar-refractivity contribution >= 4 is 11.0 Å². The van der Waals surface area contributed by atoms with Crippen LogP contribution in [0.2, 0.25) is 0 Å². The van der Waals surface area contributed by atoms with Crippen LogP contribution >= 0.6 is 0 Å². The molecule has 0 saturated carbocycles. The molecule has 1 unspecified atom stereocenters. The number of aromatic nitrogens is 2. The summed E-state index contributed by atoms with van der Waals surface area (Å²) in [6, 6.07) is 3.54. The Balaban J connectivity index is 2.60. The number of pyridine rings is 1. The van der Waals surface area contributed by atoms with E-state index < -0.39 is 12.3 Å². The molecule has 2 rings (SSSR count). The first-order valence-electron chi connectivity index (χ1n) is 5.03. The third kappa shape index (κ3) is 1.67. The van der Waals surface area contributed by atoms with Gasteiger partial charge in [0.25, 0.3) is 0 Å². The van der Waals surface area contributed by atoms with Crippen molar-refractivity contribution in [2.24, 2.45) is 12.8 Å². The molecule has 5 heteroatoms. The van der Waals surface area contributed by atoms with E-state index in [2.05, 4.69) is 4.98 Å². The Kier molecular flexibility index (Phi) is 2.87. The maximum absolute atomic E-state index is 12.8. The first-order chi connectivity index (χ1) is 7.65. The Morgan fingerprint density at radius 3 is 2.88 bits per heavy atom. The Bertz CT molecular complexity index is 493. The predicted molar refractivity (Wildman–Crippen MR) is 58.5 cm³/mol. The van der Waals surface area contributed by atoms with Crippen LogP contribution in [0.15, 0.2) is 24.5 Å². The van der Waals surface area contributed by atoms with Crippen LogP contribution in [0.3, 0.4) is 0 Å². The average Bonchev–Trinajstić information content (AvgIpc) is 2.58. The van der Waals surface area contributed by atoms with Crippen molar-refractivity contribution in [3.63, 3.8) is 0 Å². The van der Waals surface area contributed by atoms with Crippen LogP contribution in [0.4, 0.5) is 8.78 Å². The quantitative estimate of drug-likeness (QED) is 0.866. The molecule has 0 spiro atoms. The Morgan fingerprint density at radius 1 is 1.50 bits per heavy atom. The van der Waals surface area contributed by atoms with Crippen molar-refractivity contribution < 1.29 is 8.78 Å². The Labute approximate surface area is 91.9 Å². The van der Waals surface area contributed by atoms with Gasteiger partial charge in [0.2, 0.25) is 6.43 Å². The van der Waals surface area contributed by atoms with Gasteiger partial charge < -0.3 is 10.3 Å². The minimum Gasteiger partial charge on any atom is -0.335 e. The lowest BCUT2D eigenvalue weighted by atomic mass is 10.0. The summed E-state index contributed by atoms with van der Waals surface area (Å²) in [5.74, 6) is -0.923. The van der Waals surface area contributed by atoms with Crippen molar-refractivity contribution in [2.45, 2.75) is 12.3 Å². The van der Waals surface area contributed by atoms with Gasteiger partial charge in [-0.25, -0.2) is 13.8 Å². The van der Waals surface area contributed by atoms with Crippen LogP contribution in [0.1, 0.15) is 11.5 Å². The molecule has 0 fully saturated rings. The number of aryl methyl sites for hydroxylation is 1. The summed E-state index contributed by atoms with van der Waals surface area (Å²) >= 11 is 0. The standard InChI is InChI=1S/C11H13F2N3/c1-16-6-9(8(5-14)10(12)13)7-3-2-4-15-11(7)16/h2-4,6,8,10H,5,14H2,1H3. The number of alkyl halides is 2. The van der Waals surface area contributed by atoms with Crippen LogP contribution in [0.25, 0.3) is 11.0 Å². The molecule has 0 saturated heterocycles. The molecular weight excluding hydrogens is 212 g/mol. The molecule has 0 aliphatic carbocycles. The number of halogens is 2. The van der Waals surface area contributed by atoms with Crippen LogP contribution in [0.5, 0.6) is 0 Å². The van der Waals surface area contributed by atoms with E-state index in [1.54, 1.807) is 36.1 Å². The number of nitrogens with zero attached hydrogens (tertiary/aromatic N) is 2.